The molecule has 0 aliphatic heterocycles. The Kier molecular flexibility index (Phi) is 28.0. The molecule has 0 aromatic heterocycles. The van der Waals surface area contributed by atoms with E-state index in [1.165, 1.54) is 67.3 Å². The summed E-state index contributed by atoms with van der Waals surface area (Å²) in [5.74, 6) is 4.54. The van der Waals surface area contributed by atoms with Gasteiger partial charge in [-0.3, -0.25) is 0 Å². The third-order valence-electron chi connectivity index (χ3n) is 13.2. The van der Waals surface area contributed by atoms with Crippen molar-refractivity contribution in [2.45, 2.75) is 237 Å². The quantitative estimate of drug-likeness (QED) is 0.104. The summed E-state index contributed by atoms with van der Waals surface area (Å²) >= 11 is 11.9. The molecule has 0 aliphatic rings. The van der Waals surface area contributed by atoms with Gasteiger partial charge in [-0.1, -0.05) is 262 Å². The Hall–Kier alpha value is -0.923. The topological polar surface area (TPSA) is 13.0 Å². The predicted octanol–water partition coefficient (Wildman–Crippen LogP) is 18.6. The van der Waals surface area contributed by atoms with Crippen molar-refractivity contribution in [2.75, 3.05) is 14.2 Å². The summed E-state index contributed by atoms with van der Waals surface area (Å²) < 4.78 is 9.94. The molecule has 12 heteroatoms. The summed E-state index contributed by atoms with van der Waals surface area (Å²) in [5.41, 5.74) is 17.6. The SMILES string of the molecule is CC(C)c1cccc(C(C)C)c1[N]([Al])[Si](C)(C)C.CC(C)c1cccc(C(C)C)c1[N]([Al])[Si](C)(C)C.CC(C)c1cccc(C(C)C)c1[N]([Al])[Si](C)(C)C.CC(C)c1cccc(C(C)C)c1[N]([Al])[Si](C)(C)C. The van der Waals surface area contributed by atoms with Crippen molar-refractivity contribution >= 4 is 122 Å². The van der Waals surface area contributed by atoms with Crippen molar-refractivity contribution < 1.29 is 0 Å². The molecule has 0 amide bonds. The van der Waals surface area contributed by atoms with Crippen molar-refractivity contribution in [3.8, 4) is 0 Å². The zero-order valence-corrected chi connectivity index (χ0v) is 60.3. The van der Waals surface area contributed by atoms with Crippen LogP contribution in [0.1, 0.15) is 203 Å². The lowest BCUT2D eigenvalue weighted by Gasteiger charge is -2.39. The third-order valence-corrected chi connectivity index (χ3v) is 30.2. The second-order valence-electron chi connectivity index (χ2n) is 26.5. The van der Waals surface area contributed by atoms with Crippen molar-refractivity contribution in [1.82, 2.24) is 0 Å². The minimum Gasteiger partial charge on any atom is -0.505 e. The molecule has 0 saturated heterocycles. The fraction of sp³-hybridized carbons (Fsp3) is 0.600. The van der Waals surface area contributed by atoms with Gasteiger partial charge in [0, 0.05) is 22.7 Å². The van der Waals surface area contributed by atoms with Gasteiger partial charge in [0.1, 0.15) is 32.9 Å². The molecule has 0 bridgehead atoms. The fourth-order valence-corrected chi connectivity index (χ4v) is 13.4. The summed E-state index contributed by atoms with van der Waals surface area (Å²) in [6.45, 7) is 65.2. The molecule has 8 radical (unpaired) electrons. The van der Waals surface area contributed by atoms with E-state index in [9.17, 15) is 0 Å². The molecule has 0 fully saturated rings. The van der Waals surface area contributed by atoms with Gasteiger partial charge in [0.2, 0.25) is 0 Å². The average Bonchev–Trinajstić information content (AvgIpc) is 3.25. The minimum absolute atomic E-state index is 0.568. The fourth-order valence-electron chi connectivity index (χ4n) is 8.50. The number of rotatable bonds is 16. The highest BCUT2D eigenvalue weighted by molar-refractivity contribution is 6.87. The first-order chi connectivity index (χ1) is 32.6. The van der Waals surface area contributed by atoms with Gasteiger partial charge < -0.3 is 14.2 Å². The van der Waals surface area contributed by atoms with E-state index in [1.807, 2.05) is 0 Å². The van der Waals surface area contributed by atoms with E-state index in [2.05, 4.69) is 342 Å². The molecular weight excluding hydrogens is 997 g/mol. The van der Waals surface area contributed by atoms with Gasteiger partial charge in [-0.05, 0) is 91.9 Å². The summed E-state index contributed by atoms with van der Waals surface area (Å²) in [4.78, 5) is 0. The molecule has 4 rings (SSSR count). The normalized spacial score (nSPS) is 12.3. The summed E-state index contributed by atoms with van der Waals surface area (Å²) in [6.07, 6.45) is 0. The monoisotopic (exact) mass is 1100 g/mol. The van der Waals surface area contributed by atoms with E-state index in [0.29, 0.717) is 47.3 Å². The molecule has 4 nitrogen and oxygen atoms in total. The molecule has 0 spiro atoms. The van der Waals surface area contributed by atoms with E-state index in [1.54, 1.807) is 0 Å². The standard InChI is InChI=1S/4C15H26NSi.4Al/c4*1-11(2)13-9-8-10-14(12(3)4)15(13)16-17(5,6)7;;;;/h4*8-12H,1-7H3;;;;/q4*-1;4*+1. The van der Waals surface area contributed by atoms with E-state index in [4.69, 9.17) is 0 Å². The Labute approximate surface area is 485 Å². The molecule has 0 saturated carbocycles. The summed E-state index contributed by atoms with van der Waals surface area (Å²) in [5, 5.41) is 0. The van der Waals surface area contributed by atoms with Crippen LogP contribution >= 0.6 is 0 Å². The van der Waals surface area contributed by atoms with Gasteiger partial charge >= 0.3 is 0 Å². The van der Waals surface area contributed by atoms with Crippen molar-refractivity contribution in [2.24, 2.45) is 0 Å². The van der Waals surface area contributed by atoms with Crippen LogP contribution in [0.4, 0.5) is 22.7 Å². The number of anilines is 4. The molecule has 0 unspecified atom stereocenters. The van der Waals surface area contributed by atoms with Crippen LogP contribution in [0.5, 0.6) is 0 Å². The number of benzene rings is 4. The van der Waals surface area contributed by atoms with Gasteiger partial charge in [-0.25, -0.2) is 0 Å². The summed E-state index contributed by atoms with van der Waals surface area (Å²) in [6, 6.07) is 27.1. The van der Waals surface area contributed by atoms with Crippen LogP contribution in [0.2, 0.25) is 78.6 Å². The van der Waals surface area contributed by atoms with Crippen LogP contribution in [0.25, 0.3) is 0 Å². The highest BCUT2D eigenvalue weighted by atomic mass is 28.3. The first-order valence-corrected chi connectivity index (χ1v) is 43.2. The van der Waals surface area contributed by atoms with Gasteiger partial charge in [0.15, 0.2) is 0 Å². The Morgan fingerprint density at radius 3 is 0.403 bits per heavy atom. The number of para-hydroxylation sites is 4. The molecule has 392 valence electrons. The van der Waals surface area contributed by atoms with Crippen LogP contribution in [0.15, 0.2) is 72.8 Å². The maximum absolute atomic E-state index is 2.97. The Balaban J connectivity index is 0.000000480. The minimum atomic E-state index is -1.36. The second kappa shape index (κ2) is 29.2. The van der Waals surface area contributed by atoms with Crippen molar-refractivity contribution in [3.63, 3.8) is 0 Å². The van der Waals surface area contributed by atoms with Crippen molar-refractivity contribution in [1.29, 1.82) is 0 Å². The number of hydrogen-bond donors (Lipinski definition) is 0. The zero-order valence-electron chi connectivity index (χ0n) is 51.6. The molecule has 72 heavy (non-hydrogen) atoms. The highest BCUT2D eigenvalue weighted by Crippen LogP contribution is 2.40. The predicted molar refractivity (Wildman–Crippen MR) is 345 cm³/mol. The van der Waals surface area contributed by atoms with Crippen LogP contribution in [0.3, 0.4) is 0 Å². The molecule has 0 heterocycles. The third kappa shape index (κ3) is 19.8. The van der Waals surface area contributed by atoms with E-state index >= 15 is 0 Å². The van der Waals surface area contributed by atoms with E-state index in [-0.39, 0.29) is 0 Å². The zero-order chi connectivity index (χ0) is 56.3. The first kappa shape index (κ1) is 69.1. The van der Waals surface area contributed by atoms with Gasteiger partial charge in [0.25, 0.3) is 66.0 Å². The smallest absolute Gasteiger partial charge is 0.297 e. The van der Waals surface area contributed by atoms with Crippen LogP contribution in [-0.2, 0) is 0 Å². The maximum atomic E-state index is 2.97. The summed E-state index contributed by atoms with van der Waals surface area (Å²) in [7, 11) is -5.44. The molecule has 4 aromatic rings. The molecular formula is C60H104Al4N4Si4. The van der Waals surface area contributed by atoms with Gasteiger partial charge in [-0.2, -0.15) is 0 Å². The lowest BCUT2D eigenvalue weighted by Crippen LogP contribution is -2.45. The van der Waals surface area contributed by atoms with Crippen LogP contribution in [0, 0.1) is 0 Å². The molecule has 0 N–H and O–H groups in total. The Morgan fingerprint density at radius 2 is 0.333 bits per heavy atom. The largest absolute Gasteiger partial charge is 0.505 e. The molecule has 0 atom stereocenters. The first-order valence-electron chi connectivity index (χ1n) is 27.3. The van der Waals surface area contributed by atoms with E-state index < -0.39 is 32.9 Å². The second-order valence-corrected chi connectivity index (χ2v) is 50.0. The Morgan fingerprint density at radius 1 is 0.236 bits per heavy atom. The number of nitrogens with zero attached hydrogens (tertiary/aromatic N) is 4. The van der Waals surface area contributed by atoms with Gasteiger partial charge in [0.05, 0.1) is 0 Å². The Bertz CT molecular complexity index is 1840. The molecule has 4 aromatic carbocycles. The lowest BCUT2D eigenvalue weighted by atomic mass is 9.93. The number of hydrogen-bond acceptors (Lipinski definition) is 4. The van der Waals surface area contributed by atoms with Gasteiger partial charge in [-0.15, -0.1) is 0 Å². The molecule has 0 aliphatic carbocycles. The average molecular weight is 1100 g/mol. The maximum Gasteiger partial charge on any atom is 0.297 e. The van der Waals surface area contributed by atoms with Crippen molar-refractivity contribution in [3.05, 3.63) is 117 Å². The van der Waals surface area contributed by atoms with Crippen LogP contribution < -0.4 is 14.2 Å². The highest BCUT2D eigenvalue weighted by Gasteiger charge is 2.28. The van der Waals surface area contributed by atoms with Crippen LogP contribution in [-0.4, -0.2) is 99.0 Å². The lowest BCUT2D eigenvalue weighted by molar-refractivity contribution is 0.835. The van der Waals surface area contributed by atoms with E-state index in [0.717, 1.165) is 0 Å².